The summed E-state index contributed by atoms with van der Waals surface area (Å²) in [6.07, 6.45) is 9.93. The molecule has 1 aromatic carbocycles. The van der Waals surface area contributed by atoms with Crippen LogP contribution in [0.15, 0.2) is 48.7 Å². The highest BCUT2D eigenvalue weighted by Crippen LogP contribution is 2.58. The first-order chi connectivity index (χ1) is 15.1. The van der Waals surface area contributed by atoms with Crippen molar-refractivity contribution in [3.8, 4) is 11.8 Å². The molecule has 3 aliphatic carbocycles. The van der Waals surface area contributed by atoms with Gasteiger partial charge < -0.3 is 15.5 Å². The summed E-state index contributed by atoms with van der Waals surface area (Å²) in [4.78, 5) is 17.4. The normalized spacial score (nSPS) is 26.3. The van der Waals surface area contributed by atoms with E-state index in [-0.39, 0.29) is 41.5 Å². The van der Waals surface area contributed by atoms with Crippen LogP contribution in [0, 0.1) is 5.92 Å². The maximum Gasteiger partial charge on any atom is 0.227 e. The van der Waals surface area contributed by atoms with E-state index in [9.17, 15) is 15.0 Å². The maximum absolute atomic E-state index is 12.9. The van der Waals surface area contributed by atoms with Gasteiger partial charge in [-0.3, -0.25) is 14.3 Å². The van der Waals surface area contributed by atoms with Gasteiger partial charge in [0.15, 0.2) is 11.8 Å². The number of pyridine rings is 1. The van der Waals surface area contributed by atoms with Gasteiger partial charge in [0.1, 0.15) is 0 Å². The molecule has 1 amide bonds. The van der Waals surface area contributed by atoms with Gasteiger partial charge in [-0.25, -0.2) is 0 Å². The van der Waals surface area contributed by atoms with Gasteiger partial charge in [0.2, 0.25) is 5.91 Å². The first kappa shape index (κ1) is 18.5. The van der Waals surface area contributed by atoms with Gasteiger partial charge in [-0.1, -0.05) is 30.4 Å². The number of aromatic hydroxyl groups is 2. The van der Waals surface area contributed by atoms with Crippen LogP contribution in [-0.2, 0) is 4.79 Å². The summed E-state index contributed by atoms with van der Waals surface area (Å²) in [6.45, 7) is 0. The number of nitrogens with zero attached hydrogens (tertiary/aromatic N) is 2. The molecule has 3 aliphatic rings. The average molecular weight is 415 g/mol. The number of fused-ring (bicyclic) bond motifs is 6. The Morgan fingerprint density at radius 1 is 0.968 bits per heavy atom. The lowest BCUT2D eigenvalue weighted by atomic mass is 9.85. The topological polar surface area (TPSA) is 87.4 Å². The largest absolute Gasteiger partial charge is 0.494 e. The van der Waals surface area contributed by atoms with E-state index in [4.69, 9.17) is 0 Å². The molecule has 0 saturated heterocycles. The Labute approximate surface area is 180 Å². The van der Waals surface area contributed by atoms with Crippen molar-refractivity contribution >= 4 is 22.5 Å². The van der Waals surface area contributed by atoms with Gasteiger partial charge in [-0.05, 0) is 44.2 Å². The van der Waals surface area contributed by atoms with Gasteiger partial charge in [0.25, 0.3) is 0 Å². The molecular formula is C25H25N3O3. The number of para-hydroxylation sites is 1. The van der Waals surface area contributed by atoms with Crippen molar-refractivity contribution in [3.63, 3.8) is 0 Å². The number of hydrogen-bond donors (Lipinski definition) is 3. The van der Waals surface area contributed by atoms with E-state index < -0.39 is 0 Å². The van der Waals surface area contributed by atoms with E-state index in [0.717, 1.165) is 59.8 Å². The highest BCUT2D eigenvalue weighted by atomic mass is 16.3. The number of hydrogen-bond acceptors (Lipinski definition) is 4. The minimum absolute atomic E-state index is 0.0160. The van der Waals surface area contributed by atoms with Crippen LogP contribution in [0.4, 0.5) is 5.69 Å². The van der Waals surface area contributed by atoms with Crippen LogP contribution in [0.1, 0.15) is 61.1 Å². The van der Waals surface area contributed by atoms with Gasteiger partial charge in [0.05, 0.1) is 11.2 Å². The first-order valence-corrected chi connectivity index (χ1v) is 11.1. The molecular weight excluding hydrogens is 390 g/mol. The third-order valence-electron chi connectivity index (χ3n) is 7.38. The predicted octanol–water partition coefficient (Wildman–Crippen LogP) is 4.96. The SMILES string of the molecule is O=C(Nc1cccc2cccnc12)C1CCC(n2c(O)c3c(c2O)[C@H]2C=C[C@@H]3C2)CC1. The first-order valence-electron chi connectivity index (χ1n) is 11.1. The van der Waals surface area contributed by atoms with E-state index in [1.807, 2.05) is 30.3 Å². The van der Waals surface area contributed by atoms with E-state index in [1.165, 1.54) is 0 Å². The lowest BCUT2D eigenvalue weighted by Gasteiger charge is -2.30. The summed E-state index contributed by atoms with van der Waals surface area (Å²) in [6, 6.07) is 9.69. The smallest absolute Gasteiger partial charge is 0.227 e. The lowest BCUT2D eigenvalue weighted by Crippen LogP contribution is -2.28. The number of carbonyl (C=O) groups is 1. The van der Waals surface area contributed by atoms with Crippen LogP contribution in [0.25, 0.3) is 10.9 Å². The van der Waals surface area contributed by atoms with Crippen molar-refractivity contribution in [2.24, 2.45) is 5.92 Å². The van der Waals surface area contributed by atoms with Crippen LogP contribution in [-0.4, -0.2) is 25.7 Å². The fourth-order valence-corrected chi connectivity index (χ4v) is 5.84. The summed E-state index contributed by atoms with van der Waals surface area (Å²) in [5.41, 5.74) is 3.36. The number of anilines is 1. The molecule has 1 fully saturated rings. The van der Waals surface area contributed by atoms with Crippen LogP contribution in [0.2, 0.25) is 0 Å². The van der Waals surface area contributed by atoms with Crippen LogP contribution in [0.3, 0.4) is 0 Å². The molecule has 0 aliphatic heterocycles. The highest BCUT2D eigenvalue weighted by Gasteiger charge is 2.42. The Morgan fingerprint density at radius 3 is 2.35 bits per heavy atom. The van der Waals surface area contributed by atoms with Gasteiger partial charge >= 0.3 is 0 Å². The van der Waals surface area contributed by atoms with Crippen molar-refractivity contribution < 1.29 is 15.0 Å². The van der Waals surface area contributed by atoms with Crippen molar-refractivity contribution in [2.75, 3.05) is 5.32 Å². The molecule has 6 rings (SSSR count). The van der Waals surface area contributed by atoms with Crippen molar-refractivity contribution in [1.29, 1.82) is 0 Å². The number of aromatic nitrogens is 2. The minimum Gasteiger partial charge on any atom is -0.494 e. The van der Waals surface area contributed by atoms with E-state index >= 15 is 0 Å². The number of nitrogens with one attached hydrogen (secondary N) is 1. The molecule has 2 aromatic heterocycles. The Bertz CT molecular complexity index is 1180. The van der Waals surface area contributed by atoms with E-state index in [0.29, 0.717) is 0 Å². The van der Waals surface area contributed by atoms with Crippen LogP contribution in [0.5, 0.6) is 11.8 Å². The van der Waals surface area contributed by atoms with Crippen molar-refractivity contribution in [1.82, 2.24) is 9.55 Å². The maximum atomic E-state index is 12.9. The van der Waals surface area contributed by atoms with Gasteiger partial charge in [0, 0.05) is 46.5 Å². The second-order valence-corrected chi connectivity index (χ2v) is 9.05. The summed E-state index contributed by atoms with van der Waals surface area (Å²) in [7, 11) is 0. The third kappa shape index (κ3) is 2.77. The molecule has 2 heterocycles. The number of allylic oxidation sites excluding steroid dienone is 2. The molecule has 31 heavy (non-hydrogen) atoms. The number of benzene rings is 1. The zero-order valence-corrected chi connectivity index (χ0v) is 17.2. The van der Waals surface area contributed by atoms with Gasteiger partial charge in [-0.15, -0.1) is 0 Å². The van der Waals surface area contributed by atoms with Crippen LogP contribution >= 0.6 is 0 Å². The molecule has 3 N–H and O–H groups in total. The van der Waals surface area contributed by atoms with Gasteiger partial charge in [-0.2, -0.15) is 0 Å². The zero-order chi connectivity index (χ0) is 21.1. The molecule has 2 bridgehead atoms. The summed E-state index contributed by atoms with van der Waals surface area (Å²) in [5.74, 6) is 0.826. The molecule has 0 spiro atoms. The average Bonchev–Trinajstić information content (AvgIpc) is 3.48. The number of rotatable bonds is 3. The molecule has 6 heteroatoms. The second-order valence-electron chi connectivity index (χ2n) is 9.05. The fourth-order valence-electron chi connectivity index (χ4n) is 5.84. The van der Waals surface area contributed by atoms with Crippen molar-refractivity contribution in [3.05, 3.63) is 59.8 Å². The summed E-state index contributed by atoms with van der Waals surface area (Å²) >= 11 is 0. The standard InChI is InChI=1S/C25H25N3O3/c29-23(27-19-5-1-3-14-4-2-12-26-22(14)19)15-8-10-18(11-9-15)28-24(30)20-16-6-7-17(13-16)21(20)25(28)31/h1-7,12,15-18,30-31H,8-11,13H2,(H,27,29)/t15?,16-,17+,18?. The molecule has 6 nitrogen and oxygen atoms in total. The quantitative estimate of drug-likeness (QED) is 0.528. The van der Waals surface area contributed by atoms with Crippen LogP contribution < -0.4 is 5.32 Å². The minimum atomic E-state index is -0.0836. The highest BCUT2D eigenvalue weighted by molar-refractivity contribution is 6.01. The summed E-state index contributed by atoms with van der Waals surface area (Å²) < 4.78 is 1.72. The van der Waals surface area contributed by atoms with E-state index in [1.54, 1.807) is 10.8 Å². The molecule has 3 aromatic rings. The molecule has 0 radical (unpaired) electrons. The molecule has 0 unspecified atom stereocenters. The predicted molar refractivity (Wildman–Crippen MR) is 118 cm³/mol. The Morgan fingerprint density at radius 2 is 1.65 bits per heavy atom. The monoisotopic (exact) mass is 415 g/mol. The molecule has 2 atom stereocenters. The lowest BCUT2D eigenvalue weighted by molar-refractivity contribution is -0.121. The third-order valence-corrected chi connectivity index (χ3v) is 7.38. The zero-order valence-electron chi connectivity index (χ0n) is 17.2. The summed E-state index contributed by atoms with van der Waals surface area (Å²) in [5, 5.41) is 25.8. The van der Waals surface area contributed by atoms with Crippen molar-refractivity contribution in [2.45, 2.75) is 50.0 Å². The fraction of sp³-hybridized carbons (Fsp3) is 0.360. The number of amides is 1. The Kier molecular flexibility index (Phi) is 4.10. The number of carbonyl (C=O) groups excluding carboxylic acids is 1. The molecule has 158 valence electrons. The Hall–Kier alpha value is -3.28. The Balaban J connectivity index is 1.17. The molecule has 1 saturated carbocycles. The second kappa shape index (κ2) is 6.87. The van der Waals surface area contributed by atoms with E-state index in [2.05, 4.69) is 22.5 Å².